The number of carbonyl (C=O) groups excluding carboxylic acids is 2. The molecule has 4 aromatic carbocycles. The molecule has 0 aliphatic carbocycles. The fourth-order valence-corrected chi connectivity index (χ4v) is 5.49. The summed E-state index contributed by atoms with van der Waals surface area (Å²) >= 11 is 0. The third-order valence-corrected chi connectivity index (χ3v) is 7.13. The number of rotatable bonds is 8. The van der Waals surface area contributed by atoms with Gasteiger partial charge in [0.05, 0.1) is 0 Å². The SMILES string of the molecule is O=Cc1ccc2c(c1)c1ccccc1n2CCCCCn1c2ccccc2c2cc(C=O)ccc21. The number of benzene rings is 4. The van der Waals surface area contributed by atoms with E-state index in [1.807, 2.05) is 24.3 Å². The normalized spacial score (nSPS) is 11.7. The zero-order valence-electron chi connectivity index (χ0n) is 19.5. The van der Waals surface area contributed by atoms with Crippen molar-refractivity contribution in [1.29, 1.82) is 0 Å². The predicted octanol–water partition coefficient (Wildman–Crippen LogP) is 7.40. The summed E-state index contributed by atoms with van der Waals surface area (Å²) in [6.45, 7) is 1.89. The molecule has 0 N–H and O–H groups in total. The van der Waals surface area contributed by atoms with Crippen LogP contribution in [0.3, 0.4) is 0 Å². The van der Waals surface area contributed by atoms with Crippen molar-refractivity contribution >= 4 is 56.2 Å². The molecule has 0 atom stereocenters. The maximum absolute atomic E-state index is 11.3. The second-order valence-corrected chi connectivity index (χ2v) is 9.19. The summed E-state index contributed by atoms with van der Waals surface area (Å²) in [5, 5.41) is 4.69. The highest BCUT2D eigenvalue weighted by atomic mass is 16.1. The van der Waals surface area contributed by atoms with Crippen LogP contribution in [0.15, 0.2) is 84.9 Å². The van der Waals surface area contributed by atoms with Crippen molar-refractivity contribution in [2.75, 3.05) is 0 Å². The van der Waals surface area contributed by atoms with Crippen LogP contribution in [0.5, 0.6) is 0 Å². The second kappa shape index (κ2) is 8.88. The molecule has 172 valence electrons. The number of hydrogen-bond donors (Lipinski definition) is 0. The van der Waals surface area contributed by atoms with E-state index in [1.165, 1.54) is 32.8 Å². The minimum absolute atomic E-state index is 0.715. The number of carbonyl (C=O) groups is 2. The summed E-state index contributed by atoms with van der Waals surface area (Å²) in [7, 11) is 0. The Kier molecular flexibility index (Phi) is 5.42. The molecule has 0 saturated heterocycles. The average Bonchev–Trinajstić information content (AvgIpc) is 3.40. The third kappa shape index (κ3) is 3.62. The number of fused-ring (bicyclic) bond motifs is 6. The maximum atomic E-state index is 11.3. The van der Waals surface area contributed by atoms with E-state index in [0.29, 0.717) is 11.1 Å². The van der Waals surface area contributed by atoms with E-state index in [4.69, 9.17) is 0 Å². The zero-order chi connectivity index (χ0) is 23.8. The summed E-state index contributed by atoms with van der Waals surface area (Å²) in [6.07, 6.45) is 5.10. The molecule has 0 fully saturated rings. The lowest BCUT2D eigenvalue weighted by Crippen LogP contribution is -2.01. The van der Waals surface area contributed by atoms with E-state index in [0.717, 1.165) is 55.7 Å². The van der Waals surface area contributed by atoms with Crippen molar-refractivity contribution < 1.29 is 9.59 Å². The summed E-state index contributed by atoms with van der Waals surface area (Å²) in [5.74, 6) is 0. The Morgan fingerprint density at radius 1 is 0.486 bits per heavy atom. The molecule has 0 saturated carbocycles. The van der Waals surface area contributed by atoms with Crippen LogP contribution in [0.2, 0.25) is 0 Å². The molecule has 0 spiro atoms. The standard InChI is InChI=1S/C31H26N2O2/c34-20-22-12-14-30-26(18-22)24-8-2-4-10-28(24)32(30)16-6-1-7-17-33-29-11-5-3-9-25(29)27-19-23(21-35)13-15-31(27)33/h2-5,8-15,18-21H,1,6-7,16-17H2. The molecule has 4 heteroatoms. The van der Waals surface area contributed by atoms with Crippen LogP contribution in [0.1, 0.15) is 40.0 Å². The molecule has 0 unspecified atom stereocenters. The van der Waals surface area contributed by atoms with Crippen molar-refractivity contribution in [3.05, 3.63) is 96.1 Å². The van der Waals surface area contributed by atoms with E-state index < -0.39 is 0 Å². The minimum Gasteiger partial charge on any atom is -0.340 e. The first-order valence-corrected chi connectivity index (χ1v) is 12.2. The van der Waals surface area contributed by atoms with Crippen LogP contribution in [0, 0.1) is 0 Å². The van der Waals surface area contributed by atoms with Crippen molar-refractivity contribution in [2.45, 2.75) is 32.4 Å². The van der Waals surface area contributed by atoms with Gasteiger partial charge in [0, 0.05) is 67.8 Å². The average molecular weight is 459 g/mol. The number of aromatic nitrogens is 2. The summed E-state index contributed by atoms with van der Waals surface area (Å²) in [5.41, 5.74) is 6.24. The zero-order valence-corrected chi connectivity index (χ0v) is 19.5. The van der Waals surface area contributed by atoms with Crippen LogP contribution < -0.4 is 0 Å². The molecule has 0 amide bonds. The van der Waals surface area contributed by atoms with Gasteiger partial charge in [0.15, 0.2) is 0 Å². The van der Waals surface area contributed by atoms with Crippen molar-refractivity contribution in [2.24, 2.45) is 0 Å². The van der Waals surface area contributed by atoms with Crippen LogP contribution >= 0.6 is 0 Å². The number of unbranched alkanes of at least 4 members (excludes halogenated alkanes) is 2. The van der Waals surface area contributed by atoms with Gasteiger partial charge in [0.25, 0.3) is 0 Å². The molecule has 0 bridgehead atoms. The number of nitrogens with zero attached hydrogens (tertiary/aromatic N) is 2. The Morgan fingerprint density at radius 2 is 0.914 bits per heavy atom. The summed E-state index contributed by atoms with van der Waals surface area (Å²) < 4.78 is 4.78. The van der Waals surface area contributed by atoms with Crippen molar-refractivity contribution in [1.82, 2.24) is 9.13 Å². The molecule has 35 heavy (non-hydrogen) atoms. The third-order valence-electron chi connectivity index (χ3n) is 7.13. The molecule has 2 heterocycles. The lowest BCUT2D eigenvalue weighted by atomic mass is 10.1. The Balaban J connectivity index is 1.22. The Labute approximate surface area is 203 Å². The molecular weight excluding hydrogens is 432 g/mol. The number of hydrogen-bond acceptors (Lipinski definition) is 2. The smallest absolute Gasteiger partial charge is 0.150 e. The molecule has 4 nitrogen and oxygen atoms in total. The first kappa shape index (κ1) is 21.4. The largest absolute Gasteiger partial charge is 0.340 e. The van der Waals surface area contributed by atoms with Crippen molar-refractivity contribution in [3.8, 4) is 0 Å². The first-order chi connectivity index (χ1) is 17.3. The monoisotopic (exact) mass is 458 g/mol. The van der Waals surface area contributed by atoms with E-state index in [2.05, 4.69) is 69.8 Å². The lowest BCUT2D eigenvalue weighted by Gasteiger charge is -2.10. The van der Waals surface area contributed by atoms with Crippen molar-refractivity contribution in [3.63, 3.8) is 0 Å². The van der Waals surface area contributed by atoms with Gasteiger partial charge in [-0.15, -0.1) is 0 Å². The van der Waals surface area contributed by atoms with E-state index >= 15 is 0 Å². The molecule has 0 aliphatic heterocycles. The van der Waals surface area contributed by atoms with Gasteiger partial charge in [-0.2, -0.15) is 0 Å². The van der Waals surface area contributed by atoms with Crippen LogP contribution in [-0.2, 0) is 13.1 Å². The fraction of sp³-hybridized carbons (Fsp3) is 0.161. The Hall–Kier alpha value is -4.18. The van der Waals surface area contributed by atoms with Gasteiger partial charge in [-0.1, -0.05) is 36.4 Å². The predicted molar refractivity (Wildman–Crippen MR) is 144 cm³/mol. The lowest BCUT2D eigenvalue weighted by molar-refractivity contribution is 0.111. The quantitative estimate of drug-likeness (QED) is 0.176. The van der Waals surface area contributed by atoms with Crippen LogP contribution in [0.25, 0.3) is 43.6 Å². The van der Waals surface area contributed by atoms with Gasteiger partial charge in [-0.3, -0.25) is 9.59 Å². The van der Waals surface area contributed by atoms with Gasteiger partial charge in [0.2, 0.25) is 0 Å². The van der Waals surface area contributed by atoms with E-state index in [1.54, 1.807) is 0 Å². The minimum atomic E-state index is 0.715. The van der Waals surface area contributed by atoms with Crippen LogP contribution in [-0.4, -0.2) is 21.7 Å². The fourth-order valence-electron chi connectivity index (χ4n) is 5.49. The number of aryl methyl sites for hydroxylation is 2. The van der Waals surface area contributed by atoms with Gasteiger partial charge in [-0.25, -0.2) is 0 Å². The number of aldehydes is 2. The summed E-state index contributed by atoms with van der Waals surface area (Å²) in [6, 6.07) is 28.9. The highest BCUT2D eigenvalue weighted by Crippen LogP contribution is 2.31. The van der Waals surface area contributed by atoms with Gasteiger partial charge >= 0.3 is 0 Å². The Morgan fingerprint density at radius 3 is 1.37 bits per heavy atom. The topological polar surface area (TPSA) is 44.0 Å². The highest BCUT2D eigenvalue weighted by molar-refractivity contribution is 6.10. The summed E-state index contributed by atoms with van der Waals surface area (Å²) in [4.78, 5) is 22.6. The molecule has 6 rings (SSSR count). The highest BCUT2D eigenvalue weighted by Gasteiger charge is 2.12. The molecule has 0 radical (unpaired) electrons. The molecule has 2 aromatic heterocycles. The number of para-hydroxylation sites is 2. The van der Waals surface area contributed by atoms with Gasteiger partial charge < -0.3 is 9.13 Å². The van der Waals surface area contributed by atoms with Gasteiger partial charge in [-0.05, 0) is 67.8 Å². The van der Waals surface area contributed by atoms with Gasteiger partial charge in [0.1, 0.15) is 12.6 Å². The maximum Gasteiger partial charge on any atom is 0.150 e. The first-order valence-electron chi connectivity index (χ1n) is 12.2. The molecule has 0 aliphatic rings. The Bertz CT molecular complexity index is 1590. The van der Waals surface area contributed by atoms with Crippen LogP contribution in [0.4, 0.5) is 0 Å². The second-order valence-electron chi connectivity index (χ2n) is 9.19. The van der Waals surface area contributed by atoms with E-state index in [-0.39, 0.29) is 0 Å². The molecule has 6 aromatic rings. The van der Waals surface area contributed by atoms with E-state index in [9.17, 15) is 9.59 Å². The molecular formula is C31H26N2O2.